The van der Waals surface area contributed by atoms with Crippen molar-refractivity contribution in [1.29, 1.82) is 0 Å². The molecule has 2 rings (SSSR count). The highest BCUT2D eigenvalue weighted by atomic mass is 32.2. The van der Waals surface area contributed by atoms with Crippen molar-refractivity contribution in [1.82, 2.24) is 5.32 Å². The molecule has 7 nitrogen and oxygen atoms in total. The van der Waals surface area contributed by atoms with Gasteiger partial charge >= 0.3 is 5.97 Å². The van der Waals surface area contributed by atoms with Crippen molar-refractivity contribution in [3.63, 3.8) is 0 Å². The van der Waals surface area contributed by atoms with E-state index >= 15 is 0 Å². The van der Waals surface area contributed by atoms with Gasteiger partial charge in [0, 0.05) is 24.1 Å². The molecule has 0 aromatic heterocycles. The van der Waals surface area contributed by atoms with Crippen molar-refractivity contribution < 1.29 is 19.6 Å². The summed E-state index contributed by atoms with van der Waals surface area (Å²) >= 11 is 1.23. The predicted octanol–water partition coefficient (Wildman–Crippen LogP) is 3.52. The average molecular weight is 388 g/mol. The maximum atomic E-state index is 12.6. The molecular weight excluding hydrogens is 368 g/mol. The zero-order valence-electron chi connectivity index (χ0n) is 14.8. The van der Waals surface area contributed by atoms with Crippen molar-refractivity contribution >= 4 is 29.3 Å². The van der Waals surface area contributed by atoms with Crippen molar-refractivity contribution in [3.05, 3.63) is 69.8 Å². The Hall–Kier alpha value is -2.87. The fourth-order valence-electron chi connectivity index (χ4n) is 2.66. The molecule has 2 aromatic rings. The summed E-state index contributed by atoms with van der Waals surface area (Å²) in [5, 5.41) is 22.9. The second-order valence-corrected chi connectivity index (χ2v) is 6.78. The number of benzene rings is 2. The van der Waals surface area contributed by atoms with E-state index in [9.17, 15) is 19.7 Å². The van der Waals surface area contributed by atoms with Crippen LogP contribution in [0.5, 0.6) is 0 Å². The van der Waals surface area contributed by atoms with Crippen LogP contribution in [-0.2, 0) is 11.2 Å². The van der Waals surface area contributed by atoms with Gasteiger partial charge in [0.15, 0.2) is 0 Å². The van der Waals surface area contributed by atoms with Gasteiger partial charge in [-0.25, -0.2) is 0 Å². The quantitative estimate of drug-likeness (QED) is 0.386. The summed E-state index contributed by atoms with van der Waals surface area (Å²) < 4.78 is 0. The van der Waals surface area contributed by atoms with Crippen molar-refractivity contribution in [3.8, 4) is 0 Å². The Morgan fingerprint density at radius 2 is 1.93 bits per heavy atom. The molecule has 2 N–H and O–H groups in total. The number of carboxylic acid groups (broad SMARTS) is 1. The summed E-state index contributed by atoms with van der Waals surface area (Å²) in [6.45, 7) is 0. The van der Waals surface area contributed by atoms with E-state index < -0.39 is 22.8 Å². The zero-order chi connectivity index (χ0) is 19.8. The van der Waals surface area contributed by atoms with Gasteiger partial charge in [-0.2, -0.15) is 0 Å². The molecule has 0 heterocycles. The smallest absolute Gasteiger partial charge is 0.303 e. The maximum absolute atomic E-state index is 12.6. The van der Waals surface area contributed by atoms with Crippen LogP contribution >= 0.6 is 11.8 Å². The van der Waals surface area contributed by atoms with E-state index in [0.717, 1.165) is 5.56 Å². The number of carboxylic acids is 1. The Balaban J connectivity index is 2.17. The van der Waals surface area contributed by atoms with Crippen molar-refractivity contribution in [2.45, 2.75) is 30.2 Å². The van der Waals surface area contributed by atoms with E-state index in [0.29, 0.717) is 11.3 Å². The zero-order valence-corrected chi connectivity index (χ0v) is 15.6. The van der Waals surface area contributed by atoms with Crippen LogP contribution in [0.15, 0.2) is 53.4 Å². The van der Waals surface area contributed by atoms with Crippen LogP contribution in [0.2, 0.25) is 0 Å². The number of nitro benzene ring substituents is 1. The minimum absolute atomic E-state index is 0.0800. The van der Waals surface area contributed by atoms with Gasteiger partial charge in [0.25, 0.3) is 11.6 Å². The Kier molecular flexibility index (Phi) is 7.36. The molecule has 2 aromatic carbocycles. The first kappa shape index (κ1) is 20.4. The van der Waals surface area contributed by atoms with Gasteiger partial charge in [0.05, 0.1) is 9.82 Å². The largest absolute Gasteiger partial charge is 0.481 e. The molecule has 0 radical (unpaired) electrons. The van der Waals surface area contributed by atoms with Crippen molar-refractivity contribution in [2.75, 3.05) is 6.26 Å². The number of hydrogen-bond acceptors (Lipinski definition) is 5. The first-order valence-corrected chi connectivity index (χ1v) is 9.52. The molecule has 0 saturated heterocycles. The van der Waals surface area contributed by atoms with Gasteiger partial charge in [-0.1, -0.05) is 30.3 Å². The van der Waals surface area contributed by atoms with Crippen LogP contribution in [0, 0.1) is 10.1 Å². The summed E-state index contributed by atoms with van der Waals surface area (Å²) in [4.78, 5) is 34.6. The monoisotopic (exact) mass is 388 g/mol. The Morgan fingerprint density at radius 1 is 1.22 bits per heavy atom. The third-order valence-corrected chi connectivity index (χ3v) is 4.79. The Bertz CT molecular complexity index is 826. The lowest BCUT2D eigenvalue weighted by Crippen LogP contribution is -2.37. The second-order valence-electron chi connectivity index (χ2n) is 5.94. The van der Waals surface area contributed by atoms with E-state index in [1.54, 1.807) is 12.3 Å². The molecular formula is C19H20N2O5S. The topological polar surface area (TPSA) is 110 Å². The normalized spacial score (nSPS) is 11.6. The average Bonchev–Trinajstić information content (AvgIpc) is 2.66. The predicted molar refractivity (Wildman–Crippen MR) is 103 cm³/mol. The van der Waals surface area contributed by atoms with Crippen LogP contribution < -0.4 is 5.32 Å². The fourth-order valence-corrected chi connectivity index (χ4v) is 3.21. The number of carbonyl (C=O) groups is 2. The number of rotatable bonds is 9. The van der Waals surface area contributed by atoms with E-state index in [2.05, 4.69) is 5.32 Å². The van der Waals surface area contributed by atoms with Gasteiger partial charge in [0.1, 0.15) is 0 Å². The van der Waals surface area contributed by atoms with E-state index in [1.165, 1.54) is 23.9 Å². The standard InChI is InChI=1S/C19H20N2O5S/c1-27-17-9-7-14(12-16(17)21(25)26)19(24)20-15(8-10-18(22)23)11-13-5-3-2-4-6-13/h2-7,9,12,15H,8,10-11H2,1H3,(H,20,24)(H,22,23). The fraction of sp³-hybridized carbons (Fsp3) is 0.263. The van der Waals surface area contributed by atoms with Crippen LogP contribution in [0.4, 0.5) is 5.69 Å². The number of amides is 1. The van der Waals surface area contributed by atoms with E-state index in [1.807, 2.05) is 30.3 Å². The summed E-state index contributed by atoms with van der Waals surface area (Å²) in [5.74, 6) is -1.40. The molecule has 0 aliphatic carbocycles. The molecule has 27 heavy (non-hydrogen) atoms. The highest BCUT2D eigenvalue weighted by molar-refractivity contribution is 7.98. The Labute approximate surface area is 160 Å². The molecule has 0 aliphatic rings. The highest BCUT2D eigenvalue weighted by Crippen LogP contribution is 2.28. The van der Waals surface area contributed by atoms with Gasteiger partial charge in [-0.15, -0.1) is 11.8 Å². The number of carbonyl (C=O) groups excluding carboxylic acids is 1. The molecule has 8 heteroatoms. The second kappa shape index (κ2) is 9.72. The number of aliphatic carboxylic acids is 1. The number of nitro groups is 1. The van der Waals surface area contributed by atoms with Crippen LogP contribution in [0.25, 0.3) is 0 Å². The number of nitrogens with one attached hydrogen (secondary N) is 1. The molecule has 142 valence electrons. The summed E-state index contributed by atoms with van der Waals surface area (Å²) in [6, 6.07) is 13.3. The summed E-state index contributed by atoms with van der Waals surface area (Å²) in [6.07, 6.45) is 2.39. The molecule has 1 amide bonds. The molecule has 0 aliphatic heterocycles. The maximum Gasteiger partial charge on any atom is 0.303 e. The number of thioether (sulfide) groups is 1. The van der Waals surface area contributed by atoms with E-state index in [-0.39, 0.29) is 24.1 Å². The van der Waals surface area contributed by atoms with Crippen LogP contribution in [-0.4, -0.2) is 34.2 Å². The summed E-state index contributed by atoms with van der Waals surface area (Å²) in [7, 11) is 0. The van der Waals surface area contributed by atoms with Gasteiger partial charge < -0.3 is 10.4 Å². The third kappa shape index (κ3) is 6.10. The van der Waals surface area contributed by atoms with E-state index in [4.69, 9.17) is 5.11 Å². The minimum atomic E-state index is -0.942. The Morgan fingerprint density at radius 3 is 2.52 bits per heavy atom. The van der Waals surface area contributed by atoms with Crippen molar-refractivity contribution in [2.24, 2.45) is 0 Å². The minimum Gasteiger partial charge on any atom is -0.481 e. The lowest BCUT2D eigenvalue weighted by atomic mass is 10.0. The number of nitrogens with zero attached hydrogens (tertiary/aromatic N) is 1. The van der Waals surface area contributed by atoms with Gasteiger partial charge in [-0.05, 0) is 36.8 Å². The first-order valence-electron chi connectivity index (χ1n) is 8.29. The van der Waals surface area contributed by atoms with Gasteiger partial charge in [0.2, 0.25) is 0 Å². The molecule has 0 spiro atoms. The molecule has 1 unspecified atom stereocenters. The van der Waals surface area contributed by atoms with Crippen LogP contribution in [0.1, 0.15) is 28.8 Å². The molecule has 1 atom stereocenters. The number of hydrogen-bond donors (Lipinski definition) is 2. The first-order chi connectivity index (χ1) is 12.9. The summed E-state index contributed by atoms with van der Waals surface area (Å²) in [5.41, 5.74) is 1.02. The molecule has 0 fully saturated rings. The lowest BCUT2D eigenvalue weighted by molar-refractivity contribution is -0.387. The highest BCUT2D eigenvalue weighted by Gasteiger charge is 2.20. The lowest BCUT2D eigenvalue weighted by Gasteiger charge is -2.18. The van der Waals surface area contributed by atoms with Crippen LogP contribution in [0.3, 0.4) is 0 Å². The molecule has 0 saturated carbocycles. The third-order valence-electron chi connectivity index (χ3n) is 4.00. The van der Waals surface area contributed by atoms with Gasteiger partial charge in [-0.3, -0.25) is 19.7 Å². The SMILES string of the molecule is CSc1ccc(C(=O)NC(CCC(=O)O)Cc2ccccc2)cc1[N+](=O)[O-]. The molecule has 0 bridgehead atoms.